The molecule has 1 atom stereocenters. The van der Waals surface area contributed by atoms with Crippen LogP contribution in [0.2, 0.25) is 0 Å². The lowest BCUT2D eigenvalue weighted by molar-refractivity contribution is -0.158. The van der Waals surface area contributed by atoms with Gasteiger partial charge in [0.05, 0.1) is 17.7 Å². The summed E-state index contributed by atoms with van der Waals surface area (Å²) in [5.41, 5.74) is 1.32. The molecule has 1 unspecified atom stereocenters. The summed E-state index contributed by atoms with van der Waals surface area (Å²) >= 11 is 0. The molecule has 1 aliphatic heterocycles. The Hall–Kier alpha value is -3.48. The highest BCUT2D eigenvalue weighted by atomic mass is 19.1. The van der Waals surface area contributed by atoms with Gasteiger partial charge in [-0.25, -0.2) is 9.07 Å². The number of rotatable bonds is 6. The molecule has 0 spiro atoms. The summed E-state index contributed by atoms with van der Waals surface area (Å²) in [4.78, 5) is 28.2. The van der Waals surface area contributed by atoms with Gasteiger partial charge in [0.1, 0.15) is 5.82 Å². The molecule has 2 aromatic carbocycles. The van der Waals surface area contributed by atoms with Crippen LogP contribution in [0, 0.1) is 11.2 Å². The second-order valence-electron chi connectivity index (χ2n) is 8.14. The molecule has 3 aromatic rings. The number of carbonyl (C=O) groups is 2. The normalized spacial score (nSPS) is 18.4. The molecule has 0 bridgehead atoms. The molecule has 4 rings (SSSR count). The zero-order valence-corrected chi connectivity index (χ0v) is 18.0. The average Bonchev–Trinajstić information content (AvgIpc) is 3.36. The topological polar surface area (TPSA) is 64.4 Å². The van der Waals surface area contributed by atoms with Gasteiger partial charge in [-0.3, -0.25) is 9.59 Å². The van der Waals surface area contributed by atoms with Crippen molar-refractivity contribution >= 4 is 11.9 Å². The maximum Gasteiger partial charge on any atom is 0.314 e. The zero-order chi connectivity index (χ0) is 22.6. The molecular formula is C25H26FN3O3. The maximum atomic E-state index is 13.4. The van der Waals surface area contributed by atoms with E-state index in [1.807, 2.05) is 24.4 Å². The third-order valence-corrected chi connectivity index (χ3v) is 5.89. The van der Waals surface area contributed by atoms with Crippen LogP contribution in [0.5, 0.6) is 0 Å². The Labute approximate surface area is 186 Å². The number of carbonyl (C=O) groups excluding carboxylic acids is 2. The molecular weight excluding hydrogens is 409 g/mol. The first-order chi connectivity index (χ1) is 15.5. The first-order valence-corrected chi connectivity index (χ1v) is 10.8. The first-order valence-electron chi connectivity index (χ1n) is 10.8. The Morgan fingerprint density at radius 2 is 1.97 bits per heavy atom. The van der Waals surface area contributed by atoms with Crippen LogP contribution in [-0.2, 0) is 16.0 Å². The van der Waals surface area contributed by atoms with Crippen LogP contribution in [0.3, 0.4) is 0 Å². The summed E-state index contributed by atoms with van der Waals surface area (Å²) in [7, 11) is 0. The molecule has 1 aromatic heterocycles. The molecule has 32 heavy (non-hydrogen) atoms. The highest BCUT2D eigenvalue weighted by molar-refractivity contribution is 5.95. The predicted molar refractivity (Wildman–Crippen MR) is 118 cm³/mol. The third kappa shape index (κ3) is 4.56. The van der Waals surface area contributed by atoms with Crippen LogP contribution in [-0.4, -0.2) is 46.3 Å². The van der Waals surface area contributed by atoms with Crippen molar-refractivity contribution in [1.82, 2.24) is 14.7 Å². The number of hydrogen-bond donors (Lipinski definition) is 0. The van der Waals surface area contributed by atoms with Gasteiger partial charge in [0.25, 0.3) is 5.91 Å². The Morgan fingerprint density at radius 1 is 1.16 bits per heavy atom. The number of benzene rings is 2. The van der Waals surface area contributed by atoms with Gasteiger partial charge in [-0.2, -0.15) is 5.10 Å². The minimum atomic E-state index is -0.860. The van der Waals surface area contributed by atoms with E-state index in [0.717, 1.165) is 11.3 Å². The predicted octanol–water partition coefficient (Wildman–Crippen LogP) is 4.04. The maximum absolute atomic E-state index is 13.4. The minimum Gasteiger partial charge on any atom is -0.466 e. The Balaban J connectivity index is 1.60. The second kappa shape index (κ2) is 9.34. The number of piperidine rings is 1. The van der Waals surface area contributed by atoms with Gasteiger partial charge in [-0.15, -0.1) is 0 Å². The van der Waals surface area contributed by atoms with E-state index < -0.39 is 5.41 Å². The minimum absolute atomic E-state index is 0.133. The van der Waals surface area contributed by atoms with Crippen LogP contribution < -0.4 is 0 Å². The lowest BCUT2D eigenvalue weighted by Crippen LogP contribution is -2.51. The van der Waals surface area contributed by atoms with E-state index in [1.165, 1.54) is 12.1 Å². The summed E-state index contributed by atoms with van der Waals surface area (Å²) in [5.74, 6) is -0.768. The van der Waals surface area contributed by atoms with E-state index in [4.69, 9.17) is 4.74 Å². The number of amides is 1. The van der Waals surface area contributed by atoms with Crippen molar-refractivity contribution in [2.24, 2.45) is 5.41 Å². The number of nitrogens with zero attached hydrogens (tertiary/aromatic N) is 3. The molecule has 0 radical (unpaired) electrons. The molecule has 7 heteroatoms. The van der Waals surface area contributed by atoms with Crippen molar-refractivity contribution in [2.75, 3.05) is 19.7 Å². The quantitative estimate of drug-likeness (QED) is 0.548. The van der Waals surface area contributed by atoms with Crippen molar-refractivity contribution < 1.29 is 18.7 Å². The molecule has 1 amide bonds. The van der Waals surface area contributed by atoms with Crippen molar-refractivity contribution in [3.8, 4) is 5.69 Å². The van der Waals surface area contributed by atoms with Gasteiger partial charge in [-0.05, 0) is 68.1 Å². The largest absolute Gasteiger partial charge is 0.466 e. The summed E-state index contributed by atoms with van der Waals surface area (Å²) in [6.45, 7) is 2.86. The molecule has 166 valence electrons. The molecule has 1 saturated heterocycles. The molecule has 0 aliphatic carbocycles. The zero-order valence-electron chi connectivity index (χ0n) is 18.0. The standard InChI is InChI=1S/C25H26FN3O3/c1-2-32-24(31)25(17-19-8-10-21(26)11-9-19)12-4-14-28(18-25)23(30)20-6-3-7-22(16-20)29-15-5-13-27-29/h3,5-11,13,15-16H,2,4,12,14,17-18H2,1H3. The van der Waals surface area contributed by atoms with Crippen LogP contribution in [0.15, 0.2) is 67.0 Å². The Kier molecular flexibility index (Phi) is 6.35. The van der Waals surface area contributed by atoms with Gasteiger partial charge in [0.15, 0.2) is 0 Å². The molecule has 1 fully saturated rings. The van der Waals surface area contributed by atoms with E-state index in [1.54, 1.807) is 47.0 Å². The molecule has 0 N–H and O–H groups in total. The summed E-state index contributed by atoms with van der Waals surface area (Å²) < 4.78 is 20.5. The van der Waals surface area contributed by atoms with Gasteiger partial charge < -0.3 is 9.64 Å². The summed E-state index contributed by atoms with van der Waals surface area (Å²) in [5, 5.41) is 4.22. The van der Waals surface area contributed by atoms with Crippen molar-refractivity contribution in [2.45, 2.75) is 26.2 Å². The Bertz CT molecular complexity index is 1080. The van der Waals surface area contributed by atoms with Crippen molar-refractivity contribution in [3.05, 3.63) is 83.9 Å². The fourth-order valence-electron chi connectivity index (χ4n) is 4.35. The first kappa shape index (κ1) is 21.7. The molecule has 1 aliphatic rings. The van der Waals surface area contributed by atoms with E-state index in [2.05, 4.69) is 5.10 Å². The van der Waals surface area contributed by atoms with Crippen LogP contribution >= 0.6 is 0 Å². The highest BCUT2D eigenvalue weighted by Gasteiger charge is 2.45. The Morgan fingerprint density at radius 3 is 2.69 bits per heavy atom. The number of esters is 1. The SMILES string of the molecule is CCOC(=O)C1(Cc2ccc(F)cc2)CCCN(C(=O)c2cccc(-n3cccn3)c2)C1. The van der Waals surface area contributed by atoms with Crippen molar-refractivity contribution in [1.29, 1.82) is 0 Å². The number of ether oxygens (including phenoxy) is 1. The highest BCUT2D eigenvalue weighted by Crippen LogP contribution is 2.36. The van der Waals surface area contributed by atoms with Crippen LogP contribution in [0.4, 0.5) is 4.39 Å². The van der Waals surface area contributed by atoms with Crippen LogP contribution in [0.1, 0.15) is 35.7 Å². The average molecular weight is 435 g/mol. The van der Waals surface area contributed by atoms with Gasteiger partial charge in [0, 0.05) is 31.0 Å². The van der Waals surface area contributed by atoms with Gasteiger partial charge in [-0.1, -0.05) is 18.2 Å². The summed E-state index contributed by atoms with van der Waals surface area (Å²) in [6, 6.07) is 15.3. The van der Waals surface area contributed by atoms with Gasteiger partial charge in [0.2, 0.25) is 0 Å². The van der Waals surface area contributed by atoms with Gasteiger partial charge >= 0.3 is 5.97 Å². The van der Waals surface area contributed by atoms with E-state index >= 15 is 0 Å². The summed E-state index contributed by atoms with van der Waals surface area (Å²) in [6.07, 6.45) is 5.19. The number of hydrogen-bond acceptors (Lipinski definition) is 4. The molecule has 6 nitrogen and oxygen atoms in total. The molecule has 0 saturated carbocycles. The fraction of sp³-hybridized carbons (Fsp3) is 0.320. The number of likely N-dealkylation sites (tertiary alicyclic amines) is 1. The lowest BCUT2D eigenvalue weighted by atomic mass is 9.75. The fourth-order valence-corrected chi connectivity index (χ4v) is 4.35. The number of halogens is 1. The third-order valence-electron chi connectivity index (χ3n) is 5.89. The van der Waals surface area contributed by atoms with Crippen LogP contribution in [0.25, 0.3) is 5.69 Å². The van der Waals surface area contributed by atoms with E-state index in [-0.39, 0.29) is 30.8 Å². The van der Waals surface area contributed by atoms with E-state index in [0.29, 0.717) is 31.4 Å². The monoisotopic (exact) mass is 435 g/mol. The number of aromatic nitrogens is 2. The molecule has 2 heterocycles. The lowest BCUT2D eigenvalue weighted by Gasteiger charge is -2.41. The second-order valence-corrected chi connectivity index (χ2v) is 8.14. The smallest absolute Gasteiger partial charge is 0.314 e. The van der Waals surface area contributed by atoms with Crippen molar-refractivity contribution in [3.63, 3.8) is 0 Å². The van der Waals surface area contributed by atoms with E-state index in [9.17, 15) is 14.0 Å².